The van der Waals surface area contributed by atoms with Gasteiger partial charge >= 0.3 is 0 Å². The minimum absolute atomic E-state index is 0.545. The Morgan fingerprint density at radius 1 is 1.17 bits per heavy atom. The number of aromatic nitrogens is 2. The lowest BCUT2D eigenvalue weighted by Gasteiger charge is -2.12. The lowest BCUT2D eigenvalue weighted by Crippen LogP contribution is -2.25. The molecular weight excluding hydrogens is 222 g/mol. The zero-order valence-electron chi connectivity index (χ0n) is 11.1. The van der Waals surface area contributed by atoms with E-state index in [0.717, 1.165) is 19.5 Å². The Morgan fingerprint density at radius 3 is 2.61 bits per heavy atom. The van der Waals surface area contributed by atoms with Crippen molar-refractivity contribution in [2.45, 2.75) is 32.9 Å². The third-order valence-corrected chi connectivity index (χ3v) is 2.96. The van der Waals surface area contributed by atoms with Crippen LogP contribution in [0, 0.1) is 0 Å². The predicted octanol–water partition coefficient (Wildman–Crippen LogP) is 2.47. The molecule has 0 unspecified atom stereocenters. The first-order chi connectivity index (χ1) is 8.75. The van der Waals surface area contributed by atoms with Crippen molar-refractivity contribution in [1.29, 1.82) is 0 Å². The lowest BCUT2D eigenvalue weighted by molar-refractivity contribution is 0.587. The van der Waals surface area contributed by atoms with E-state index in [2.05, 4.69) is 48.5 Å². The fourth-order valence-corrected chi connectivity index (χ4v) is 2.02. The molecule has 1 aromatic heterocycles. The van der Waals surface area contributed by atoms with Crippen molar-refractivity contribution in [2.75, 3.05) is 6.54 Å². The van der Waals surface area contributed by atoms with Crippen molar-refractivity contribution in [2.24, 2.45) is 0 Å². The molecule has 1 heterocycles. The van der Waals surface area contributed by atoms with Crippen LogP contribution in [-0.4, -0.2) is 22.4 Å². The fraction of sp³-hybridized carbons (Fsp3) is 0.400. The van der Waals surface area contributed by atoms with Gasteiger partial charge in [0.25, 0.3) is 0 Å². The first kappa shape index (κ1) is 12.8. The second-order valence-corrected chi connectivity index (χ2v) is 4.83. The van der Waals surface area contributed by atoms with Crippen LogP contribution in [0.3, 0.4) is 0 Å². The minimum atomic E-state index is 0.545. The monoisotopic (exact) mass is 243 g/mol. The van der Waals surface area contributed by atoms with Crippen LogP contribution in [0.25, 0.3) is 0 Å². The largest absolute Gasteiger partial charge is 0.314 e. The molecule has 3 nitrogen and oxygen atoms in total. The molecule has 0 bridgehead atoms. The SMILES string of the molecule is CC(C)NCCc1ccccc1Cn1cccn1. The van der Waals surface area contributed by atoms with Crippen molar-refractivity contribution < 1.29 is 0 Å². The highest BCUT2D eigenvalue weighted by atomic mass is 15.3. The molecule has 1 aromatic carbocycles. The summed E-state index contributed by atoms with van der Waals surface area (Å²) in [5, 5.41) is 7.72. The molecule has 2 aromatic rings. The highest BCUT2D eigenvalue weighted by molar-refractivity contribution is 5.27. The Kier molecular flexibility index (Phi) is 4.53. The molecule has 0 aliphatic rings. The molecule has 1 N–H and O–H groups in total. The molecule has 0 saturated carbocycles. The number of nitrogens with one attached hydrogen (secondary N) is 1. The van der Waals surface area contributed by atoms with Gasteiger partial charge in [0.15, 0.2) is 0 Å². The van der Waals surface area contributed by atoms with Gasteiger partial charge in [-0.2, -0.15) is 5.10 Å². The Balaban J connectivity index is 2.01. The molecule has 0 spiro atoms. The van der Waals surface area contributed by atoms with Crippen molar-refractivity contribution in [1.82, 2.24) is 15.1 Å². The van der Waals surface area contributed by atoms with E-state index in [1.54, 1.807) is 0 Å². The van der Waals surface area contributed by atoms with E-state index in [1.165, 1.54) is 11.1 Å². The van der Waals surface area contributed by atoms with Crippen molar-refractivity contribution in [3.63, 3.8) is 0 Å². The van der Waals surface area contributed by atoms with Gasteiger partial charge in [0.05, 0.1) is 6.54 Å². The quantitative estimate of drug-likeness (QED) is 0.844. The van der Waals surface area contributed by atoms with Gasteiger partial charge in [-0.25, -0.2) is 0 Å². The van der Waals surface area contributed by atoms with Crippen LogP contribution in [0.2, 0.25) is 0 Å². The van der Waals surface area contributed by atoms with Crippen LogP contribution in [0.15, 0.2) is 42.7 Å². The van der Waals surface area contributed by atoms with Crippen LogP contribution in [0.5, 0.6) is 0 Å². The average molecular weight is 243 g/mol. The van der Waals surface area contributed by atoms with Crippen LogP contribution in [0.1, 0.15) is 25.0 Å². The first-order valence-electron chi connectivity index (χ1n) is 6.53. The van der Waals surface area contributed by atoms with E-state index in [1.807, 2.05) is 23.1 Å². The minimum Gasteiger partial charge on any atom is -0.314 e. The second-order valence-electron chi connectivity index (χ2n) is 4.83. The highest BCUT2D eigenvalue weighted by Gasteiger charge is 2.03. The summed E-state index contributed by atoms with van der Waals surface area (Å²) in [4.78, 5) is 0. The topological polar surface area (TPSA) is 29.9 Å². The maximum Gasteiger partial charge on any atom is 0.0662 e. The van der Waals surface area contributed by atoms with Crippen LogP contribution >= 0.6 is 0 Å². The highest BCUT2D eigenvalue weighted by Crippen LogP contribution is 2.10. The standard InChI is InChI=1S/C15H21N3/c1-13(2)16-10-8-14-6-3-4-7-15(14)12-18-11-5-9-17-18/h3-7,9,11,13,16H,8,10,12H2,1-2H3. The van der Waals surface area contributed by atoms with Gasteiger partial charge in [-0.1, -0.05) is 38.1 Å². The number of hydrogen-bond acceptors (Lipinski definition) is 2. The summed E-state index contributed by atoms with van der Waals surface area (Å²) in [5.74, 6) is 0. The molecule has 0 aliphatic heterocycles. The third-order valence-electron chi connectivity index (χ3n) is 2.96. The molecule has 2 rings (SSSR count). The third kappa shape index (κ3) is 3.70. The van der Waals surface area contributed by atoms with Gasteiger partial charge < -0.3 is 5.32 Å². The summed E-state index contributed by atoms with van der Waals surface area (Å²) in [5.41, 5.74) is 2.76. The molecule has 0 fully saturated rings. The number of rotatable bonds is 6. The molecule has 0 radical (unpaired) electrons. The van der Waals surface area contributed by atoms with Crippen LogP contribution in [0.4, 0.5) is 0 Å². The van der Waals surface area contributed by atoms with Gasteiger partial charge in [-0.05, 0) is 30.2 Å². The summed E-state index contributed by atoms with van der Waals surface area (Å²) in [6, 6.07) is 11.1. The van der Waals surface area contributed by atoms with Crippen LogP contribution in [-0.2, 0) is 13.0 Å². The van der Waals surface area contributed by atoms with Crippen LogP contribution < -0.4 is 5.32 Å². The van der Waals surface area contributed by atoms with Gasteiger partial charge in [0, 0.05) is 18.4 Å². The maximum atomic E-state index is 4.26. The fourth-order valence-electron chi connectivity index (χ4n) is 2.02. The molecule has 0 aliphatic carbocycles. The molecule has 0 atom stereocenters. The van der Waals surface area contributed by atoms with E-state index in [-0.39, 0.29) is 0 Å². The summed E-state index contributed by atoms with van der Waals surface area (Å²) in [6.45, 7) is 6.23. The molecule has 18 heavy (non-hydrogen) atoms. The smallest absolute Gasteiger partial charge is 0.0662 e. The first-order valence-corrected chi connectivity index (χ1v) is 6.53. The van der Waals surface area contributed by atoms with E-state index in [4.69, 9.17) is 0 Å². The Morgan fingerprint density at radius 2 is 1.94 bits per heavy atom. The summed E-state index contributed by atoms with van der Waals surface area (Å²) < 4.78 is 1.97. The maximum absolute atomic E-state index is 4.26. The molecule has 0 amide bonds. The summed E-state index contributed by atoms with van der Waals surface area (Å²) in [6.07, 6.45) is 4.89. The van der Waals surface area contributed by atoms with E-state index < -0.39 is 0 Å². The van der Waals surface area contributed by atoms with Crippen molar-refractivity contribution in [3.8, 4) is 0 Å². The van der Waals surface area contributed by atoms with E-state index in [9.17, 15) is 0 Å². The molecule has 3 heteroatoms. The zero-order valence-corrected chi connectivity index (χ0v) is 11.1. The van der Waals surface area contributed by atoms with Gasteiger partial charge in [0.2, 0.25) is 0 Å². The van der Waals surface area contributed by atoms with E-state index in [0.29, 0.717) is 6.04 Å². The Bertz CT molecular complexity index is 460. The second kappa shape index (κ2) is 6.36. The number of hydrogen-bond donors (Lipinski definition) is 1. The predicted molar refractivity (Wildman–Crippen MR) is 74.6 cm³/mol. The average Bonchev–Trinajstić information content (AvgIpc) is 2.84. The number of benzene rings is 1. The zero-order chi connectivity index (χ0) is 12.8. The van der Waals surface area contributed by atoms with Crippen molar-refractivity contribution in [3.05, 3.63) is 53.9 Å². The lowest BCUT2D eigenvalue weighted by atomic mass is 10.0. The van der Waals surface area contributed by atoms with E-state index >= 15 is 0 Å². The van der Waals surface area contributed by atoms with Crippen molar-refractivity contribution >= 4 is 0 Å². The Hall–Kier alpha value is -1.61. The molecule has 0 saturated heterocycles. The summed E-state index contributed by atoms with van der Waals surface area (Å²) in [7, 11) is 0. The molecular formula is C15H21N3. The normalized spacial score (nSPS) is 11.1. The van der Waals surface area contributed by atoms with Gasteiger partial charge in [0.1, 0.15) is 0 Å². The Labute approximate surface area is 109 Å². The molecule has 96 valence electrons. The number of nitrogens with zero attached hydrogens (tertiary/aromatic N) is 2. The van der Waals surface area contributed by atoms with Gasteiger partial charge in [-0.3, -0.25) is 4.68 Å². The van der Waals surface area contributed by atoms with Gasteiger partial charge in [-0.15, -0.1) is 0 Å². The summed E-state index contributed by atoms with van der Waals surface area (Å²) >= 11 is 0.